The first-order valence-electron chi connectivity index (χ1n) is 7.07. The zero-order valence-electron chi connectivity index (χ0n) is 11.9. The van der Waals surface area contributed by atoms with E-state index in [1.807, 2.05) is 31.3 Å². The van der Waals surface area contributed by atoms with Gasteiger partial charge in [0, 0.05) is 15.8 Å². The minimum absolute atomic E-state index is 0.619. The number of hydrogen-bond donors (Lipinski definition) is 1. The molecule has 0 fully saturated rings. The second-order valence-corrected chi connectivity index (χ2v) is 6.16. The van der Waals surface area contributed by atoms with Gasteiger partial charge in [-0.15, -0.1) is 11.3 Å². The molecule has 0 saturated carbocycles. The minimum atomic E-state index is 0.619. The van der Waals surface area contributed by atoms with Crippen molar-refractivity contribution in [2.24, 2.45) is 0 Å². The van der Waals surface area contributed by atoms with Crippen LogP contribution in [-0.4, -0.2) is 16.6 Å². The van der Waals surface area contributed by atoms with Crippen LogP contribution in [0.1, 0.15) is 34.5 Å². The highest BCUT2D eigenvalue weighted by atomic mass is 32.1. The summed E-state index contributed by atoms with van der Waals surface area (Å²) < 4.78 is 5.44. The molecule has 2 aromatic heterocycles. The summed E-state index contributed by atoms with van der Waals surface area (Å²) in [4.78, 5) is 11.6. The molecule has 1 aliphatic rings. The third-order valence-electron chi connectivity index (χ3n) is 3.35. The number of anilines is 1. The number of rotatable bonds is 5. The maximum atomic E-state index is 5.44. The highest BCUT2D eigenvalue weighted by molar-refractivity contribution is 7.12. The summed E-state index contributed by atoms with van der Waals surface area (Å²) in [5.74, 6) is 2.19. The average molecular weight is 289 g/mol. The van der Waals surface area contributed by atoms with Gasteiger partial charge < -0.3 is 10.1 Å². The standard InChI is InChI=1S/C15H19N3OS/c1-3-19-15-8-14(17-10(2)18-15)16-9-12-7-11-5-4-6-13(11)20-12/h7-8H,3-6,9H2,1-2H3,(H,16,17,18). The molecular formula is C15H19N3OS. The number of thiophene rings is 1. The molecule has 1 N–H and O–H groups in total. The number of hydrogen-bond acceptors (Lipinski definition) is 5. The molecule has 3 rings (SSSR count). The van der Waals surface area contributed by atoms with Gasteiger partial charge in [0.1, 0.15) is 11.6 Å². The molecule has 5 heteroatoms. The largest absolute Gasteiger partial charge is 0.478 e. The summed E-state index contributed by atoms with van der Waals surface area (Å²) in [5.41, 5.74) is 1.54. The van der Waals surface area contributed by atoms with Gasteiger partial charge in [-0.05, 0) is 44.7 Å². The van der Waals surface area contributed by atoms with Crippen molar-refractivity contribution in [2.75, 3.05) is 11.9 Å². The highest BCUT2D eigenvalue weighted by Gasteiger charge is 2.14. The maximum absolute atomic E-state index is 5.44. The van der Waals surface area contributed by atoms with Crippen LogP contribution in [0.15, 0.2) is 12.1 Å². The van der Waals surface area contributed by atoms with E-state index in [-0.39, 0.29) is 0 Å². The van der Waals surface area contributed by atoms with E-state index in [2.05, 4.69) is 21.4 Å². The fourth-order valence-electron chi connectivity index (χ4n) is 2.51. The van der Waals surface area contributed by atoms with Crippen LogP contribution in [0.3, 0.4) is 0 Å². The van der Waals surface area contributed by atoms with Gasteiger partial charge >= 0.3 is 0 Å². The molecule has 0 aromatic carbocycles. The quantitative estimate of drug-likeness (QED) is 0.917. The van der Waals surface area contributed by atoms with Gasteiger partial charge in [0.05, 0.1) is 13.2 Å². The lowest BCUT2D eigenvalue weighted by molar-refractivity contribution is 0.325. The van der Waals surface area contributed by atoms with Gasteiger partial charge in [-0.25, -0.2) is 4.98 Å². The van der Waals surface area contributed by atoms with Crippen LogP contribution in [0.2, 0.25) is 0 Å². The lowest BCUT2D eigenvalue weighted by Crippen LogP contribution is -2.04. The molecule has 106 valence electrons. The van der Waals surface area contributed by atoms with Crippen molar-refractivity contribution in [3.63, 3.8) is 0 Å². The Kier molecular flexibility index (Phi) is 3.87. The molecule has 2 aromatic rings. The molecule has 0 saturated heterocycles. The van der Waals surface area contributed by atoms with Crippen molar-refractivity contribution in [1.29, 1.82) is 0 Å². The van der Waals surface area contributed by atoms with Gasteiger partial charge in [0.2, 0.25) is 5.88 Å². The number of ether oxygens (including phenoxy) is 1. The first-order chi connectivity index (χ1) is 9.74. The van der Waals surface area contributed by atoms with Crippen LogP contribution in [0.4, 0.5) is 5.82 Å². The van der Waals surface area contributed by atoms with Gasteiger partial charge in [-0.1, -0.05) is 0 Å². The van der Waals surface area contributed by atoms with E-state index in [4.69, 9.17) is 4.74 Å². The molecule has 2 heterocycles. The molecule has 0 radical (unpaired) electrons. The Balaban J connectivity index is 1.68. The molecular weight excluding hydrogens is 270 g/mol. The second-order valence-electron chi connectivity index (χ2n) is 4.94. The fraction of sp³-hybridized carbons (Fsp3) is 0.467. The Morgan fingerprint density at radius 3 is 3.00 bits per heavy atom. The van der Waals surface area contributed by atoms with Gasteiger partial charge in [0.25, 0.3) is 0 Å². The SMILES string of the molecule is CCOc1cc(NCc2cc3c(s2)CCC3)nc(C)n1. The number of fused-ring (bicyclic) bond motifs is 1. The van der Waals surface area contributed by atoms with Crippen LogP contribution < -0.4 is 10.1 Å². The third kappa shape index (κ3) is 2.93. The number of nitrogens with zero attached hydrogens (tertiary/aromatic N) is 2. The Hall–Kier alpha value is -1.62. The third-order valence-corrected chi connectivity index (χ3v) is 4.59. The normalized spacial score (nSPS) is 13.3. The van der Waals surface area contributed by atoms with E-state index in [1.54, 1.807) is 10.4 Å². The molecule has 4 nitrogen and oxygen atoms in total. The van der Waals surface area contributed by atoms with E-state index in [9.17, 15) is 0 Å². The van der Waals surface area contributed by atoms with Crippen molar-refractivity contribution < 1.29 is 4.74 Å². The summed E-state index contributed by atoms with van der Waals surface area (Å²) in [6.45, 7) is 5.28. The minimum Gasteiger partial charge on any atom is -0.478 e. The van der Waals surface area contributed by atoms with Crippen LogP contribution in [0, 0.1) is 6.92 Å². The van der Waals surface area contributed by atoms with Crippen molar-refractivity contribution in [3.05, 3.63) is 33.3 Å². The predicted molar refractivity (Wildman–Crippen MR) is 81.6 cm³/mol. The Morgan fingerprint density at radius 1 is 1.30 bits per heavy atom. The van der Waals surface area contributed by atoms with E-state index >= 15 is 0 Å². The number of nitrogens with one attached hydrogen (secondary N) is 1. The first kappa shape index (κ1) is 13.4. The molecule has 0 aliphatic heterocycles. The Bertz CT molecular complexity index is 588. The van der Waals surface area contributed by atoms with E-state index in [1.165, 1.54) is 24.1 Å². The molecule has 20 heavy (non-hydrogen) atoms. The number of aryl methyl sites for hydroxylation is 3. The van der Waals surface area contributed by atoms with E-state index < -0.39 is 0 Å². The summed E-state index contributed by atoms with van der Waals surface area (Å²) in [5, 5.41) is 3.37. The highest BCUT2D eigenvalue weighted by Crippen LogP contribution is 2.30. The summed E-state index contributed by atoms with van der Waals surface area (Å²) in [6, 6.07) is 4.19. The molecule has 0 bridgehead atoms. The van der Waals surface area contributed by atoms with Crippen LogP contribution >= 0.6 is 11.3 Å². The van der Waals surface area contributed by atoms with Crippen molar-refractivity contribution >= 4 is 17.2 Å². The topological polar surface area (TPSA) is 47.0 Å². The van der Waals surface area contributed by atoms with Crippen molar-refractivity contribution in [3.8, 4) is 5.88 Å². The average Bonchev–Trinajstić information content (AvgIpc) is 2.96. The van der Waals surface area contributed by atoms with E-state index in [0.29, 0.717) is 12.5 Å². The van der Waals surface area contributed by atoms with Gasteiger partial charge in [-0.3, -0.25) is 0 Å². The Labute approximate surface area is 123 Å². The molecule has 1 aliphatic carbocycles. The van der Waals surface area contributed by atoms with Gasteiger partial charge in [0.15, 0.2) is 0 Å². The van der Waals surface area contributed by atoms with E-state index in [0.717, 1.165) is 18.2 Å². The van der Waals surface area contributed by atoms with Crippen LogP contribution in [0.25, 0.3) is 0 Å². The predicted octanol–water partition coefficient (Wildman–Crippen LogP) is 3.35. The molecule has 0 unspecified atom stereocenters. The zero-order valence-corrected chi connectivity index (χ0v) is 12.7. The summed E-state index contributed by atoms with van der Waals surface area (Å²) in [7, 11) is 0. The van der Waals surface area contributed by atoms with Crippen molar-refractivity contribution in [2.45, 2.75) is 39.7 Å². The smallest absolute Gasteiger partial charge is 0.218 e. The lowest BCUT2D eigenvalue weighted by Gasteiger charge is -2.08. The zero-order chi connectivity index (χ0) is 13.9. The second kappa shape index (κ2) is 5.79. The molecule has 0 amide bonds. The number of aromatic nitrogens is 2. The van der Waals surface area contributed by atoms with Gasteiger partial charge in [-0.2, -0.15) is 4.98 Å². The monoisotopic (exact) mass is 289 g/mol. The maximum Gasteiger partial charge on any atom is 0.218 e. The first-order valence-corrected chi connectivity index (χ1v) is 7.89. The van der Waals surface area contributed by atoms with Crippen LogP contribution in [0.5, 0.6) is 5.88 Å². The Morgan fingerprint density at radius 2 is 2.20 bits per heavy atom. The summed E-state index contributed by atoms with van der Waals surface area (Å²) in [6.07, 6.45) is 3.81. The van der Waals surface area contributed by atoms with Crippen LogP contribution in [-0.2, 0) is 19.4 Å². The molecule has 0 atom stereocenters. The molecule has 0 spiro atoms. The fourth-order valence-corrected chi connectivity index (χ4v) is 3.71. The van der Waals surface area contributed by atoms with Crippen molar-refractivity contribution in [1.82, 2.24) is 9.97 Å². The summed E-state index contributed by atoms with van der Waals surface area (Å²) >= 11 is 1.92. The lowest BCUT2D eigenvalue weighted by atomic mass is 10.2.